The van der Waals surface area contributed by atoms with Crippen molar-refractivity contribution in [3.8, 4) is 0 Å². The van der Waals surface area contributed by atoms with Crippen molar-refractivity contribution in [3.05, 3.63) is 51.6 Å². The number of anilines is 2. The van der Waals surface area contributed by atoms with Crippen molar-refractivity contribution in [3.63, 3.8) is 0 Å². The third-order valence-electron chi connectivity index (χ3n) is 2.62. The Balaban J connectivity index is 2.24. The molecule has 1 aromatic carbocycles. The molecule has 0 fully saturated rings. The van der Waals surface area contributed by atoms with Gasteiger partial charge in [-0.05, 0) is 40.3 Å². The normalized spacial score (nSPS) is 10.4. The molecule has 94 valence electrons. The highest BCUT2D eigenvalue weighted by atomic mass is 127. The first-order valence-corrected chi connectivity index (χ1v) is 6.50. The summed E-state index contributed by atoms with van der Waals surface area (Å²) in [6.07, 6.45) is 3.51. The van der Waals surface area contributed by atoms with Gasteiger partial charge in [0.1, 0.15) is 5.82 Å². The van der Waals surface area contributed by atoms with Gasteiger partial charge < -0.3 is 10.6 Å². The van der Waals surface area contributed by atoms with Crippen molar-refractivity contribution >= 4 is 34.0 Å². The Kier molecular flexibility index (Phi) is 4.00. The van der Waals surface area contributed by atoms with Gasteiger partial charge in [-0.25, -0.2) is 4.39 Å². The first-order valence-electron chi connectivity index (χ1n) is 5.42. The van der Waals surface area contributed by atoms with E-state index in [1.807, 2.05) is 46.7 Å². The maximum atomic E-state index is 13.6. The first-order chi connectivity index (χ1) is 8.58. The summed E-state index contributed by atoms with van der Waals surface area (Å²) in [5, 5.41) is 0. The highest BCUT2D eigenvalue weighted by Crippen LogP contribution is 2.27. The van der Waals surface area contributed by atoms with Crippen molar-refractivity contribution in [2.75, 3.05) is 17.7 Å². The minimum atomic E-state index is -0.252. The zero-order valence-corrected chi connectivity index (χ0v) is 12.1. The SMILES string of the molecule is CN(Cc1cccnc1)c1cc(F)c(I)cc1N. The lowest BCUT2D eigenvalue weighted by Gasteiger charge is -2.21. The summed E-state index contributed by atoms with van der Waals surface area (Å²) < 4.78 is 14.1. The maximum Gasteiger partial charge on any atom is 0.138 e. The molecule has 0 aliphatic carbocycles. The van der Waals surface area contributed by atoms with Gasteiger partial charge in [-0.2, -0.15) is 0 Å². The Morgan fingerprint density at radius 2 is 2.22 bits per heavy atom. The molecule has 5 heteroatoms. The van der Waals surface area contributed by atoms with E-state index in [2.05, 4.69) is 4.98 Å². The van der Waals surface area contributed by atoms with Crippen molar-refractivity contribution in [1.82, 2.24) is 4.98 Å². The summed E-state index contributed by atoms with van der Waals surface area (Å²) in [4.78, 5) is 5.96. The molecule has 3 nitrogen and oxygen atoms in total. The van der Waals surface area contributed by atoms with Gasteiger partial charge in [-0.1, -0.05) is 6.07 Å². The predicted molar refractivity (Wildman–Crippen MR) is 79.9 cm³/mol. The largest absolute Gasteiger partial charge is 0.397 e. The average molecular weight is 357 g/mol. The Bertz CT molecular complexity index is 545. The van der Waals surface area contributed by atoms with Crippen LogP contribution in [0.4, 0.5) is 15.8 Å². The Hall–Kier alpha value is -1.37. The molecule has 1 aromatic heterocycles. The topological polar surface area (TPSA) is 42.2 Å². The molecule has 0 aliphatic heterocycles. The van der Waals surface area contributed by atoms with Gasteiger partial charge in [0.2, 0.25) is 0 Å². The highest BCUT2D eigenvalue weighted by Gasteiger charge is 2.10. The zero-order chi connectivity index (χ0) is 13.1. The number of rotatable bonds is 3. The zero-order valence-electron chi connectivity index (χ0n) is 9.90. The van der Waals surface area contributed by atoms with Crippen molar-refractivity contribution in [2.45, 2.75) is 6.54 Å². The maximum absolute atomic E-state index is 13.6. The third-order valence-corrected chi connectivity index (χ3v) is 3.45. The van der Waals surface area contributed by atoms with Crippen LogP contribution in [-0.4, -0.2) is 12.0 Å². The second-order valence-corrected chi connectivity index (χ2v) is 5.20. The molecule has 0 amide bonds. The van der Waals surface area contributed by atoms with Crippen LogP contribution in [0.1, 0.15) is 5.56 Å². The van der Waals surface area contributed by atoms with E-state index < -0.39 is 0 Å². The van der Waals surface area contributed by atoms with Crippen LogP contribution in [0.5, 0.6) is 0 Å². The standard InChI is InChI=1S/C13H13FIN3/c1-18(8-9-3-2-4-17-7-9)13-5-10(14)11(15)6-12(13)16/h2-7H,8,16H2,1H3. The van der Waals surface area contributed by atoms with E-state index in [9.17, 15) is 4.39 Å². The fraction of sp³-hybridized carbons (Fsp3) is 0.154. The lowest BCUT2D eigenvalue weighted by molar-refractivity contribution is 0.620. The Morgan fingerprint density at radius 1 is 1.44 bits per heavy atom. The van der Waals surface area contributed by atoms with Crippen molar-refractivity contribution in [2.24, 2.45) is 0 Å². The molecule has 0 saturated heterocycles. The van der Waals surface area contributed by atoms with Crippen LogP contribution in [0.15, 0.2) is 36.7 Å². The molecule has 0 atom stereocenters. The van der Waals surface area contributed by atoms with E-state index in [0.717, 1.165) is 5.56 Å². The second-order valence-electron chi connectivity index (χ2n) is 4.04. The number of halogens is 2. The number of pyridine rings is 1. The number of nitrogen functional groups attached to an aromatic ring is 1. The number of hydrogen-bond donors (Lipinski definition) is 1. The molecule has 0 spiro atoms. The fourth-order valence-corrected chi connectivity index (χ4v) is 2.22. The Labute approximate surface area is 119 Å². The van der Waals surface area contributed by atoms with Crippen LogP contribution < -0.4 is 10.6 Å². The van der Waals surface area contributed by atoms with Gasteiger partial charge in [0.25, 0.3) is 0 Å². The number of benzene rings is 1. The van der Waals surface area contributed by atoms with Crippen LogP contribution >= 0.6 is 22.6 Å². The van der Waals surface area contributed by atoms with Crippen LogP contribution in [0.25, 0.3) is 0 Å². The lowest BCUT2D eigenvalue weighted by atomic mass is 10.2. The highest BCUT2D eigenvalue weighted by molar-refractivity contribution is 14.1. The molecule has 0 bridgehead atoms. The smallest absolute Gasteiger partial charge is 0.138 e. The van der Waals surface area contributed by atoms with E-state index >= 15 is 0 Å². The van der Waals surface area contributed by atoms with E-state index in [4.69, 9.17) is 5.73 Å². The van der Waals surface area contributed by atoms with Gasteiger partial charge in [0, 0.05) is 32.1 Å². The molecule has 0 saturated carbocycles. The van der Waals surface area contributed by atoms with Crippen LogP contribution in [0.2, 0.25) is 0 Å². The van der Waals surface area contributed by atoms with Crippen LogP contribution in [0.3, 0.4) is 0 Å². The van der Waals surface area contributed by atoms with Gasteiger partial charge in [0.15, 0.2) is 0 Å². The summed E-state index contributed by atoms with van der Waals surface area (Å²) in [5.74, 6) is -0.252. The molecule has 2 N–H and O–H groups in total. The number of nitrogens with two attached hydrogens (primary N) is 1. The third kappa shape index (κ3) is 2.90. The molecule has 0 unspecified atom stereocenters. The number of hydrogen-bond acceptors (Lipinski definition) is 3. The molecule has 18 heavy (non-hydrogen) atoms. The van der Waals surface area contributed by atoms with Gasteiger partial charge in [0.05, 0.1) is 14.9 Å². The molecule has 0 radical (unpaired) electrons. The number of nitrogens with zero attached hydrogens (tertiary/aromatic N) is 2. The summed E-state index contributed by atoms with van der Waals surface area (Å²) in [6.45, 7) is 0.637. The van der Waals surface area contributed by atoms with E-state index in [1.165, 1.54) is 6.07 Å². The van der Waals surface area contributed by atoms with Gasteiger partial charge in [-0.3, -0.25) is 4.98 Å². The summed E-state index contributed by atoms with van der Waals surface area (Å²) in [6, 6.07) is 6.96. The van der Waals surface area contributed by atoms with Crippen LogP contribution in [-0.2, 0) is 6.54 Å². The second kappa shape index (κ2) is 5.51. The minimum absolute atomic E-state index is 0.252. The van der Waals surface area contributed by atoms with E-state index in [1.54, 1.807) is 18.5 Å². The molecular formula is C13H13FIN3. The molecule has 0 aliphatic rings. The summed E-state index contributed by atoms with van der Waals surface area (Å²) in [7, 11) is 1.88. The van der Waals surface area contributed by atoms with E-state index in [-0.39, 0.29) is 5.82 Å². The van der Waals surface area contributed by atoms with Gasteiger partial charge >= 0.3 is 0 Å². The molecular weight excluding hydrogens is 344 g/mol. The predicted octanol–water partition coefficient (Wildman–Crippen LogP) is 3.04. The van der Waals surface area contributed by atoms with Crippen molar-refractivity contribution < 1.29 is 4.39 Å². The minimum Gasteiger partial charge on any atom is -0.397 e. The molecule has 2 aromatic rings. The molecule has 2 rings (SSSR count). The fourth-order valence-electron chi connectivity index (χ4n) is 1.73. The molecule has 1 heterocycles. The number of aromatic nitrogens is 1. The summed E-state index contributed by atoms with van der Waals surface area (Å²) in [5.41, 5.74) is 8.24. The van der Waals surface area contributed by atoms with E-state index in [0.29, 0.717) is 21.5 Å². The quantitative estimate of drug-likeness (QED) is 0.678. The van der Waals surface area contributed by atoms with Gasteiger partial charge in [-0.15, -0.1) is 0 Å². The Morgan fingerprint density at radius 3 is 2.89 bits per heavy atom. The average Bonchev–Trinajstić information content (AvgIpc) is 2.35. The first kappa shape index (κ1) is 13.1. The summed E-state index contributed by atoms with van der Waals surface area (Å²) >= 11 is 1.93. The van der Waals surface area contributed by atoms with Crippen LogP contribution in [0, 0.1) is 9.39 Å². The lowest BCUT2D eigenvalue weighted by Crippen LogP contribution is -2.18. The van der Waals surface area contributed by atoms with Crippen molar-refractivity contribution in [1.29, 1.82) is 0 Å². The monoisotopic (exact) mass is 357 g/mol.